The Morgan fingerprint density at radius 2 is 1.79 bits per heavy atom. The van der Waals surface area contributed by atoms with Gasteiger partial charge in [0.05, 0.1) is 5.69 Å². The largest absolute Gasteiger partial charge is 0.334 e. The molecule has 1 saturated heterocycles. The molecule has 3 N–H and O–H groups in total. The molecule has 1 heterocycles. The van der Waals surface area contributed by atoms with Crippen molar-refractivity contribution in [3.8, 4) is 0 Å². The maximum absolute atomic E-state index is 13.7. The lowest BCUT2D eigenvalue weighted by Crippen LogP contribution is -2.28. The van der Waals surface area contributed by atoms with Gasteiger partial charge in [-0.2, -0.15) is 0 Å². The Balaban J connectivity index is 1.53. The molecule has 3 rings (SSSR count). The molecule has 0 aliphatic carbocycles. The zero-order valence-electron chi connectivity index (χ0n) is 15.9. The summed E-state index contributed by atoms with van der Waals surface area (Å²) in [4.78, 5) is 25.7. The van der Waals surface area contributed by atoms with Crippen LogP contribution in [0.2, 0.25) is 0 Å². The number of urea groups is 1. The summed E-state index contributed by atoms with van der Waals surface area (Å²) in [5.74, 6) is -0.940. The lowest BCUT2D eigenvalue weighted by atomic mass is 10.1. The van der Waals surface area contributed by atoms with Gasteiger partial charge in [-0.15, -0.1) is 0 Å². The number of anilines is 2. The number of hydrogen-bond donors (Lipinski definition) is 3. The standard InChI is InChI=1S/C21H25FN4O2/c1-15(27)24-20-12-18(7-8-19(20)22)25-21(28)23-13-16-5-4-6-17(11-16)14-26-9-2-3-10-26/h4-8,11-12H,2-3,9-10,13-14H2,1H3,(H,24,27)(H2,23,25,28). The molecule has 2 aromatic rings. The van der Waals surface area contributed by atoms with Gasteiger partial charge in [0.2, 0.25) is 5.91 Å². The summed E-state index contributed by atoms with van der Waals surface area (Å²) in [6, 6.07) is 11.8. The molecule has 0 spiro atoms. The maximum Gasteiger partial charge on any atom is 0.319 e. The minimum atomic E-state index is -0.559. The fourth-order valence-corrected chi connectivity index (χ4v) is 3.28. The summed E-state index contributed by atoms with van der Waals surface area (Å²) < 4.78 is 13.7. The summed E-state index contributed by atoms with van der Waals surface area (Å²) in [6.07, 6.45) is 2.52. The molecular formula is C21H25FN4O2. The SMILES string of the molecule is CC(=O)Nc1cc(NC(=O)NCc2cccc(CN3CCCC3)c2)ccc1F. The second kappa shape index (κ2) is 9.32. The van der Waals surface area contributed by atoms with Crippen LogP contribution in [0, 0.1) is 5.82 Å². The van der Waals surface area contributed by atoms with Gasteiger partial charge in [0, 0.05) is 25.7 Å². The van der Waals surface area contributed by atoms with Crippen LogP contribution in [0.5, 0.6) is 0 Å². The number of hydrogen-bond acceptors (Lipinski definition) is 3. The molecule has 0 radical (unpaired) electrons. The quantitative estimate of drug-likeness (QED) is 0.711. The van der Waals surface area contributed by atoms with E-state index in [1.807, 2.05) is 12.1 Å². The molecule has 1 aliphatic heterocycles. The van der Waals surface area contributed by atoms with Gasteiger partial charge in [-0.1, -0.05) is 24.3 Å². The summed E-state index contributed by atoms with van der Waals surface area (Å²) in [7, 11) is 0. The van der Waals surface area contributed by atoms with Crippen molar-refractivity contribution in [3.63, 3.8) is 0 Å². The van der Waals surface area contributed by atoms with Crippen molar-refractivity contribution < 1.29 is 14.0 Å². The van der Waals surface area contributed by atoms with Crippen LogP contribution in [0.15, 0.2) is 42.5 Å². The smallest absolute Gasteiger partial charge is 0.319 e. The van der Waals surface area contributed by atoms with E-state index in [-0.39, 0.29) is 11.6 Å². The van der Waals surface area contributed by atoms with E-state index < -0.39 is 11.8 Å². The average molecular weight is 384 g/mol. The summed E-state index contributed by atoms with van der Waals surface area (Å²) in [5, 5.41) is 7.84. The molecule has 148 valence electrons. The zero-order valence-corrected chi connectivity index (χ0v) is 15.9. The van der Waals surface area contributed by atoms with Crippen LogP contribution >= 0.6 is 0 Å². The minimum Gasteiger partial charge on any atom is -0.334 e. The van der Waals surface area contributed by atoms with Crippen LogP contribution in [0.25, 0.3) is 0 Å². The van der Waals surface area contributed by atoms with Crippen LogP contribution in [0.3, 0.4) is 0 Å². The third kappa shape index (κ3) is 5.79. The maximum atomic E-state index is 13.7. The molecule has 3 amide bonds. The third-order valence-corrected chi connectivity index (χ3v) is 4.58. The van der Waals surface area contributed by atoms with Crippen molar-refractivity contribution in [2.75, 3.05) is 23.7 Å². The highest BCUT2D eigenvalue weighted by Crippen LogP contribution is 2.19. The Morgan fingerprint density at radius 3 is 2.54 bits per heavy atom. The highest BCUT2D eigenvalue weighted by molar-refractivity contribution is 5.92. The molecule has 1 aliphatic rings. The van der Waals surface area contributed by atoms with Crippen molar-refractivity contribution in [2.24, 2.45) is 0 Å². The fourth-order valence-electron chi connectivity index (χ4n) is 3.28. The lowest BCUT2D eigenvalue weighted by molar-refractivity contribution is -0.114. The van der Waals surface area contributed by atoms with Gasteiger partial charge in [-0.05, 0) is 55.3 Å². The van der Waals surface area contributed by atoms with Gasteiger partial charge >= 0.3 is 6.03 Å². The molecule has 6 nitrogen and oxygen atoms in total. The van der Waals surface area contributed by atoms with E-state index in [2.05, 4.69) is 33.0 Å². The Kier molecular flexibility index (Phi) is 6.60. The Hall–Kier alpha value is -2.93. The fraction of sp³-hybridized carbons (Fsp3) is 0.333. The van der Waals surface area contributed by atoms with E-state index in [9.17, 15) is 14.0 Å². The molecule has 7 heteroatoms. The van der Waals surface area contributed by atoms with Crippen LogP contribution in [0.4, 0.5) is 20.6 Å². The first-order valence-corrected chi connectivity index (χ1v) is 9.42. The number of carbonyl (C=O) groups excluding carboxylic acids is 2. The van der Waals surface area contributed by atoms with E-state index in [0.717, 1.165) is 25.2 Å². The van der Waals surface area contributed by atoms with Gasteiger partial charge in [0.25, 0.3) is 0 Å². The van der Waals surface area contributed by atoms with E-state index >= 15 is 0 Å². The highest BCUT2D eigenvalue weighted by atomic mass is 19.1. The Morgan fingerprint density at radius 1 is 1.04 bits per heavy atom. The van der Waals surface area contributed by atoms with E-state index in [4.69, 9.17) is 0 Å². The van der Waals surface area contributed by atoms with E-state index in [0.29, 0.717) is 12.2 Å². The summed E-state index contributed by atoms with van der Waals surface area (Å²) in [6.45, 7) is 4.90. The van der Waals surface area contributed by atoms with Gasteiger partial charge < -0.3 is 16.0 Å². The van der Waals surface area contributed by atoms with Crippen molar-refractivity contribution in [3.05, 3.63) is 59.4 Å². The molecule has 2 aromatic carbocycles. The highest BCUT2D eigenvalue weighted by Gasteiger charge is 2.12. The first-order chi connectivity index (χ1) is 13.5. The number of nitrogens with one attached hydrogen (secondary N) is 3. The summed E-state index contributed by atoms with van der Waals surface area (Å²) >= 11 is 0. The number of amides is 3. The number of benzene rings is 2. The van der Waals surface area contributed by atoms with Gasteiger partial charge in [-0.3, -0.25) is 9.69 Å². The molecule has 1 fully saturated rings. The van der Waals surface area contributed by atoms with Gasteiger partial charge in [0.15, 0.2) is 0 Å². The Labute approximate surface area is 164 Å². The van der Waals surface area contributed by atoms with Crippen LogP contribution in [-0.2, 0) is 17.9 Å². The van der Waals surface area contributed by atoms with E-state index in [1.54, 1.807) is 0 Å². The molecule has 0 aromatic heterocycles. The van der Waals surface area contributed by atoms with Crippen LogP contribution in [-0.4, -0.2) is 29.9 Å². The van der Waals surface area contributed by atoms with Crippen LogP contribution < -0.4 is 16.0 Å². The topological polar surface area (TPSA) is 73.5 Å². The third-order valence-electron chi connectivity index (χ3n) is 4.58. The molecule has 28 heavy (non-hydrogen) atoms. The normalized spacial score (nSPS) is 13.9. The molecular weight excluding hydrogens is 359 g/mol. The van der Waals surface area contributed by atoms with Crippen molar-refractivity contribution >= 4 is 23.3 Å². The lowest BCUT2D eigenvalue weighted by Gasteiger charge is -2.15. The molecule has 0 unspecified atom stereocenters. The first kappa shape index (κ1) is 19.8. The molecule has 0 bridgehead atoms. The second-order valence-corrected chi connectivity index (χ2v) is 6.99. The molecule has 0 atom stereocenters. The average Bonchev–Trinajstić information content (AvgIpc) is 3.16. The monoisotopic (exact) mass is 384 g/mol. The molecule has 0 saturated carbocycles. The summed E-state index contributed by atoms with van der Waals surface area (Å²) in [5.41, 5.74) is 2.68. The van der Waals surface area contributed by atoms with Gasteiger partial charge in [-0.25, -0.2) is 9.18 Å². The van der Waals surface area contributed by atoms with Crippen LogP contribution in [0.1, 0.15) is 30.9 Å². The van der Waals surface area contributed by atoms with Gasteiger partial charge in [0.1, 0.15) is 5.82 Å². The van der Waals surface area contributed by atoms with E-state index in [1.165, 1.54) is 43.5 Å². The second-order valence-electron chi connectivity index (χ2n) is 6.99. The number of carbonyl (C=O) groups is 2. The predicted octanol–water partition coefficient (Wildman–Crippen LogP) is 3.70. The van der Waals surface area contributed by atoms with Crippen molar-refractivity contribution in [1.82, 2.24) is 10.2 Å². The van der Waals surface area contributed by atoms with Crippen molar-refractivity contribution in [2.45, 2.75) is 32.9 Å². The number of likely N-dealkylation sites (tertiary alicyclic amines) is 1. The number of rotatable bonds is 6. The predicted molar refractivity (Wildman–Crippen MR) is 108 cm³/mol. The minimum absolute atomic E-state index is 0.0277. The Bertz CT molecular complexity index is 850. The number of halogens is 1. The number of nitrogens with zero attached hydrogens (tertiary/aromatic N) is 1. The zero-order chi connectivity index (χ0) is 19.9. The first-order valence-electron chi connectivity index (χ1n) is 9.42. The van der Waals surface area contributed by atoms with Crippen molar-refractivity contribution in [1.29, 1.82) is 0 Å².